The van der Waals surface area contributed by atoms with E-state index in [4.69, 9.17) is 32.2 Å². The molecule has 2 aromatic carbocycles. The summed E-state index contributed by atoms with van der Waals surface area (Å²) in [4.78, 5) is 0. The SMILES string of the molecule is COc1cccc(Oc2cc(Cl)ccc2C(=N)N)c1. The van der Waals surface area contributed by atoms with Gasteiger partial charge in [-0.15, -0.1) is 0 Å². The molecule has 0 amide bonds. The molecule has 0 fully saturated rings. The van der Waals surface area contributed by atoms with Crippen LogP contribution in [-0.4, -0.2) is 12.9 Å². The largest absolute Gasteiger partial charge is 0.497 e. The van der Waals surface area contributed by atoms with Crippen LogP contribution < -0.4 is 15.2 Å². The topological polar surface area (TPSA) is 68.3 Å². The predicted octanol–water partition coefficient (Wildman–Crippen LogP) is 3.42. The molecular weight excluding hydrogens is 264 g/mol. The highest BCUT2D eigenvalue weighted by Gasteiger charge is 2.09. The summed E-state index contributed by atoms with van der Waals surface area (Å²) in [5, 5.41) is 8.04. The summed E-state index contributed by atoms with van der Waals surface area (Å²) in [5.41, 5.74) is 6.00. The Morgan fingerprint density at radius 1 is 1.16 bits per heavy atom. The monoisotopic (exact) mass is 276 g/mol. The molecule has 0 spiro atoms. The van der Waals surface area contributed by atoms with Crippen LogP contribution in [0.5, 0.6) is 17.2 Å². The molecule has 0 aliphatic heterocycles. The average molecular weight is 277 g/mol. The van der Waals surface area contributed by atoms with Gasteiger partial charge >= 0.3 is 0 Å². The quantitative estimate of drug-likeness (QED) is 0.664. The first-order chi connectivity index (χ1) is 9.10. The summed E-state index contributed by atoms with van der Waals surface area (Å²) >= 11 is 5.93. The summed E-state index contributed by atoms with van der Waals surface area (Å²) < 4.78 is 10.8. The molecule has 0 radical (unpaired) electrons. The van der Waals surface area contributed by atoms with Crippen LogP contribution in [0.2, 0.25) is 5.02 Å². The van der Waals surface area contributed by atoms with Crippen molar-refractivity contribution in [2.24, 2.45) is 5.73 Å². The Balaban J connectivity index is 2.36. The van der Waals surface area contributed by atoms with Gasteiger partial charge in [0, 0.05) is 17.2 Å². The van der Waals surface area contributed by atoms with E-state index in [1.165, 1.54) is 0 Å². The smallest absolute Gasteiger partial charge is 0.139 e. The number of rotatable bonds is 4. The van der Waals surface area contributed by atoms with Crippen molar-refractivity contribution in [2.75, 3.05) is 7.11 Å². The Hall–Kier alpha value is -2.20. The van der Waals surface area contributed by atoms with E-state index in [2.05, 4.69) is 0 Å². The van der Waals surface area contributed by atoms with E-state index in [1.54, 1.807) is 37.4 Å². The van der Waals surface area contributed by atoms with Crippen LogP contribution in [0.25, 0.3) is 0 Å². The molecule has 0 atom stereocenters. The summed E-state index contributed by atoms with van der Waals surface area (Å²) in [6.45, 7) is 0. The molecule has 0 saturated carbocycles. The maximum atomic E-state index is 7.52. The first-order valence-electron chi connectivity index (χ1n) is 5.56. The molecule has 0 saturated heterocycles. The lowest BCUT2D eigenvalue weighted by atomic mass is 10.2. The number of halogens is 1. The third kappa shape index (κ3) is 3.17. The van der Waals surface area contributed by atoms with Gasteiger partial charge in [-0.1, -0.05) is 17.7 Å². The average Bonchev–Trinajstić information content (AvgIpc) is 2.38. The molecule has 5 heteroatoms. The Labute approximate surface area is 116 Å². The predicted molar refractivity (Wildman–Crippen MR) is 75.5 cm³/mol. The number of benzene rings is 2. The molecule has 0 unspecified atom stereocenters. The maximum Gasteiger partial charge on any atom is 0.139 e. The van der Waals surface area contributed by atoms with E-state index in [-0.39, 0.29) is 5.84 Å². The minimum Gasteiger partial charge on any atom is -0.497 e. The van der Waals surface area contributed by atoms with Gasteiger partial charge in [-0.3, -0.25) is 5.41 Å². The number of hydrogen-bond donors (Lipinski definition) is 2. The number of nitrogens with two attached hydrogens (primary N) is 1. The maximum absolute atomic E-state index is 7.52. The highest BCUT2D eigenvalue weighted by Crippen LogP contribution is 2.29. The van der Waals surface area contributed by atoms with Gasteiger partial charge in [0.25, 0.3) is 0 Å². The molecule has 98 valence electrons. The van der Waals surface area contributed by atoms with E-state index in [1.807, 2.05) is 12.1 Å². The summed E-state index contributed by atoms with van der Waals surface area (Å²) in [5.74, 6) is 1.64. The minimum atomic E-state index is -0.0745. The van der Waals surface area contributed by atoms with Crippen LogP contribution in [0.15, 0.2) is 42.5 Å². The molecule has 3 N–H and O–H groups in total. The summed E-state index contributed by atoms with van der Waals surface area (Å²) in [7, 11) is 1.58. The molecule has 2 aromatic rings. The number of hydrogen-bond acceptors (Lipinski definition) is 3. The lowest BCUT2D eigenvalue weighted by Crippen LogP contribution is -2.12. The second kappa shape index (κ2) is 5.63. The fraction of sp³-hybridized carbons (Fsp3) is 0.0714. The van der Waals surface area contributed by atoms with Gasteiger partial charge in [-0.25, -0.2) is 0 Å². The van der Waals surface area contributed by atoms with Gasteiger partial charge in [0.1, 0.15) is 23.1 Å². The fourth-order valence-electron chi connectivity index (χ4n) is 1.59. The van der Waals surface area contributed by atoms with Crippen molar-refractivity contribution in [3.05, 3.63) is 53.1 Å². The Morgan fingerprint density at radius 3 is 2.58 bits per heavy atom. The number of nitrogens with one attached hydrogen (secondary N) is 1. The number of nitrogen functional groups attached to an aromatic ring is 1. The van der Waals surface area contributed by atoms with Crippen molar-refractivity contribution in [3.8, 4) is 17.2 Å². The van der Waals surface area contributed by atoms with E-state index >= 15 is 0 Å². The molecule has 0 bridgehead atoms. The molecule has 0 aromatic heterocycles. The zero-order chi connectivity index (χ0) is 13.8. The van der Waals surface area contributed by atoms with Gasteiger partial charge in [-0.05, 0) is 24.3 Å². The Kier molecular flexibility index (Phi) is 3.92. The fourth-order valence-corrected chi connectivity index (χ4v) is 1.76. The molecule has 0 heterocycles. The van der Waals surface area contributed by atoms with Crippen LogP contribution in [0.4, 0.5) is 0 Å². The number of ether oxygens (including phenoxy) is 2. The number of amidine groups is 1. The first-order valence-corrected chi connectivity index (χ1v) is 5.94. The first kappa shape index (κ1) is 13.2. The van der Waals surface area contributed by atoms with Crippen LogP contribution in [-0.2, 0) is 0 Å². The van der Waals surface area contributed by atoms with E-state index in [9.17, 15) is 0 Å². The summed E-state index contributed by atoms with van der Waals surface area (Å²) in [6, 6.07) is 12.1. The highest BCUT2D eigenvalue weighted by atomic mass is 35.5. The Morgan fingerprint density at radius 2 is 1.89 bits per heavy atom. The van der Waals surface area contributed by atoms with Crippen LogP contribution in [0.1, 0.15) is 5.56 Å². The van der Waals surface area contributed by atoms with E-state index < -0.39 is 0 Å². The van der Waals surface area contributed by atoms with Gasteiger partial charge in [0.2, 0.25) is 0 Å². The van der Waals surface area contributed by atoms with Crippen molar-refractivity contribution in [1.82, 2.24) is 0 Å². The van der Waals surface area contributed by atoms with Crippen LogP contribution in [0, 0.1) is 5.41 Å². The van der Waals surface area contributed by atoms with Gasteiger partial charge in [-0.2, -0.15) is 0 Å². The minimum absolute atomic E-state index is 0.0745. The normalized spacial score (nSPS) is 10.0. The molecule has 19 heavy (non-hydrogen) atoms. The second-order valence-electron chi connectivity index (χ2n) is 3.84. The van der Waals surface area contributed by atoms with Crippen molar-refractivity contribution in [2.45, 2.75) is 0 Å². The molecule has 0 aliphatic carbocycles. The Bertz CT molecular complexity index is 614. The van der Waals surface area contributed by atoms with Crippen molar-refractivity contribution >= 4 is 17.4 Å². The number of methoxy groups -OCH3 is 1. The van der Waals surface area contributed by atoms with Gasteiger partial charge in [0.15, 0.2) is 0 Å². The molecule has 4 nitrogen and oxygen atoms in total. The third-order valence-corrected chi connectivity index (χ3v) is 2.74. The lowest BCUT2D eigenvalue weighted by molar-refractivity contribution is 0.409. The van der Waals surface area contributed by atoms with Crippen LogP contribution in [0.3, 0.4) is 0 Å². The zero-order valence-corrected chi connectivity index (χ0v) is 11.1. The van der Waals surface area contributed by atoms with Crippen molar-refractivity contribution < 1.29 is 9.47 Å². The standard InChI is InChI=1S/C14H13ClN2O2/c1-18-10-3-2-4-11(8-10)19-13-7-9(15)5-6-12(13)14(16)17/h2-8H,1H3,(H3,16,17). The van der Waals surface area contributed by atoms with Crippen molar-refractivity contribution in [3.63, 3.8) is 0 Å². The molecule has 0 aliphatic rings. The third-order valence-electron chi connectivity index (χ3n) is 2.50. The molecule has 2 rings (SSSR count). The van der Waals surface area contributed by atoms with Crippen LogP contribution >= 0.6 is 11.6 Å². The molecular formula is C14H13ClN2O2. The van der Waals surface area contributed by atoms with E-state index in [0.29, 0.717) is 27.8 Å². The van der Waals surface area contributed by atoms with Gasteiger partial charge in [0.05, 0.1) is 12.7 Å². The zero-order valence-electron chi connectivity index (χ0n) is 10.3. The van der Waals surface area contributed by atoms with E-state index in [0.717, 1.165) is 0 Å². The highest BCUT2D eigenvalue weighted by molar-refractivity contribution is 6.30. The van der Waals surface area contributed by atoms with Crippen molar-refractivity contribution in [1.29, 1.82) is 5.41 Å². The lowest BCUT2D eigenvalue weighted by Gasteiger charge is -2.11. The second-order valence-corrected chi connectivity index (χ2v) is 4.27. The summed E-state index contributed by atoms with van der Waals surface area (Å²) in [6.07, 6.45) is 0. The van der Waals surface area contributed by atoms with Gasteiger partial charge < -0.3 is 15.2 Å².